The molecule has 162 valence electrons. The average molecular weight is 423 g/mol. The maximum atomic E-state index is 13.0. The van der Waals surface area contributed by atoms with Gasteiger partial charge in [0, 0.05) is 38.5 Å². The highest BCUT2D eigenvalue weighted by Crippen LogP contribution is 2.18. The van der Waals surface area contributed by atoms with Crippen molar-refractivity contribution < 1.29 is 9.36 Å². The average Bonchev–Trinajstić information content (AvgIpc) is 2.75. The lowest BCUT2D eigenvalue weighted by Gasteiger charge is -2.22. The molecule has 0 unspecified atom stereocenters. The van der Waals surface area contributed by atoms with Crippen molar-refractivity contribution in [2.75, 3.05) is 36.2 Å². The summed E-state index contributed by atoms with van der Waals surface area (Å²) in [6, 6.07) is 13.1. The van der Waals surface area contributed by atoms with E-state index in [1.54, 1.807) is 23.9 Å². The summed E-state index contributed by atoms with van der Waals surface area (Å²) in [5.41, 5.74) is 6.76. The van der Waals surface area contributed by atoms with E-state index in [9.17, 15) is 14.4 Å². The first-order valence-corrected chi connectivity index (χ1v) is 9.95. The van der Waals surface area contributed by atoms with E-state index in [-0.39, 0.29) is 37.0 Å². The lowest BCUT2D eigenvalue weighted by atomic mass is 10.2. The Morgan fingerprint density at radius 3 is 2.32 bits per heavy atom. The van der Waals surface area contributed by atoms with E-state index >= 15 is 0 Å². The summed E-state index contributed by atoms with van der Waals surface area (Å²) >= 11 is 0. The molecule has 1 amide bonds. The van der Waals surface area contributed by atoms with Crippen molar-refractivity contribution in [3.05, 3.63) is 81.3 Å². The van der Waals surface area contributed by atoms with Crippen LogP contribution < -0.4 is 31.3 Å². The standard InChI is InChI=1S/C22H26N6O3/c1-4-27(18(29)15-26-12-10-17(11-13-26)25(2)3)19-20(23)28(22(31)24-21(19)30)14-16-8-6-5-7-9-16/h5-13H,4,14-15H2,1-3H3,(H2-,23,24,30,31)/p+1. The molecule has 31 heavy (non-hydrogen) atoms. The summed E-state index contributed by atoms with van der Waals surface area (Å²) < 4.78 is 2.99. The predicted octanol–water partition coefficient (Wildman–Crippen LogP) is 0.574. The van der Waals surface area contributed by atoms with Crippen LogP contribution in [0.4, 0.5) is 17.2 Å². The second kappa shape index (κ2) is 9.29. The smallest absolute Gasteiger partial charge is 0.330 e. The van der Waals surface area contributed by atoms with Crippen LogP contribution in [0.1, 0.15) is 12.5 Å². The SMILES string of the molecule is CCN(C(=O)C[n+]1ccc(N(C)C)cc1)c1c(N)n(Cc2ccccc2)c(=O)[nH]c1=O. The molecule has 0 bridgehead atoms. The fraction of sp³-hybridized carbons (Fsp3) is 0.273. The number of hydrogen-bond acceptors (Lipinski definition) is 5. The number of H-pyrrole nitrogens is 1. The van der Waals surface area contributed by atoms with Crippen molar-refractivity contribution in [3.8, 4) is 0 Å². The molecule has 9 nitrogen and oxygen atoms in total. The number of rotatable bonds is 7. The summed E-state index contributed by atoms with van der Waals surface area (Å²) in [7, 11) is 3.87. The van der Waals surface area contributed by atoms with E-state index in [1.165, 1.54) is 9.47 Å². The number of hydrogen-bond donors (Lipinski definition) is 2. The first-order valence-electron chi connectivity index (χ1n) is 9.95. The van der Waals surface area contributed by atoms with E-state index in [2.05, 4.69) is 4.98 Å². The zero-order chi connectivity index (χ0) is 22.5. The zero-order valence-electron chi connectivity index (χ0n) is 17.9. The minimum Gasteiger partial charge on any atom is -0.383 e. The predicted molar refractivity (Wildman–Crippen MR) is 120 cm³/mol. The number of carbonyl (C=O) groups is 1. The minimum atomic E-state index is -0.685. The Bertz CT molecular complexity index is 1170. The summed E-state index contributed by atoms with van der Waals surface area (Å²) in [5, 5.41) is 0. The molecule has 0 saturated carbocycles. The van der Waals surface area contributed by atoms with Crippen molar-refractivity contribution in [1.82, 2.24) is 9.55 Å². The lowest BCUT2D eigenvalue weighted by Crippen LogP contribution is -2.47. The molecule has 0 aliphatic rings. The van der Waals surface area contributed by atoms with Gasteiger partial charge in [0.2, 0.25) is 6.54 Å². The van der Waals surface area contributed by atoms with Crippen LogP contribution in [0.2, 0.25) is 0 Å². The number of likely N-dealkylation sites (N-methyl/N-ethyl adjacent to an activating group) is 1. The van der Waals surface area contributed by atoms with Crippen molar-refractivity contribution in [2.45, 2.75) is 20.0 Å². The van der Waals surface area contributed by atoms with Gasteiger partial charge in [0.1, 0.15) is 5.82 Å². The third-order valence-electron chi connectivity index (χ3n) is 4.99. The van der Waals surface area contributed by atoms with Crippen LogP contribution in [-0.4, -0.2) is 36.1 Å². The van der Waals surface area contributed by atoms with Crippen LogP contribution in [0.25, 0.3) is 0 Å². The summed E-state index contributed by atoms with van der Waals surface area (Å²) in [5.74, 6) is -0.354. The summed E-state index contributed by atoms with van der Waals surface area (Å²) in [4.78, 5) is 43.6. The molecule has 0 aliphatic heterocycles. The molecule has 0 aliphatic carbocycles. The van der Waals surface area contributed by atoms with Crippen LogP contribution in [0.5, 0.6) is 0 Å². The monoisotopic (exact) mass is 423 g/mol. The number of anilines is 3. The van der Waals surface area contributed by atoms with E-state index < -0.39 is 11.2 Å². The minimum absolute atomic E-state index is 0.0199. The number of carbonyl (C=O) groups excluding carboxylic acids is 1. The van der Waals surface area contributed by atoms with E-state index in [0.29, 0.717) is 0 Å². The van der Waals surface area contributed by atoms with Crippen molar-refractivity contribution in [3.63, 3.8) is 0 Å². The second-order valence-electron chi connectivity index (χ2n) is 7.33. The Labute approximate surface area is 180 Å². The second-order valence-corrected chi connectivity index (χ2v) is 7.33. The molecule has 0 spiro atoms. The third kappa shape index (κ3) is 4.82. The molecule has 3 aromatic rings. The zero-order valence-corrected chi connectivity index (χ0v) is 17.9. The molecular weight excluding hydrogens is 396 g/mol. The van der Waals surface area contributed by atoms with Crippen LogP contribution in [0.15, 0.2) is 64.4 Å². The van der Waals surface area contributed by atoms with E-state index in [0.717, 1.165) is 11.3 Å². The van der Waals surface area contributed by atoms with Gasteiger partial charge in [0.25, 0.3) is 11.5 Å². The molecule has 1 aromatic carbocycles. The molecular formula is C22H27N6O3+. The number of aromatic amines is 1. The van der Waals surface area contributed by atoms with Gasteiger partial charge in [-0.1, -0.05) is 30.3 Å². The van der Waals surface area contributed by atoms with Crippen molar-refractivity contribution in [2.24, 2.45) is 0 Å². The fourth-order valence-corrected chi connectivity index (χ4v) is 3.31. The van der Waals surface area contributed by atoms with Gasteiger partial charge >= 0.3 is 5.69 Å². The van der Waals surface area contributed by atoms with Gasteiger partial charge in [0.15, 0.2) is 18.1 Å². The maximum Gasteiger partial charge on any atom is 0.330 e. The molecule has 3 rings (SSSR count). The highest BCUT2D eigenvalue weighted by molar-refractivity contribution is 5.94. The highest BCUT2D eigenvalue weighted by Gasteiger charge is 2.25. The molecule has 0 radical (unpaired) electrons. The van der Waals surface area contributed by atoms with Crippen molar-refractivity contribution >= 4 is 23.1 Å². The van der Waals surface area contributed by atoms with Gasteiger partial charge in [-0.25, -0.2) is 4.79 Å². The maximum absolute atomic E-state index is 13.0. The quantitative estimate of drug-likeness (QED) is 0.540. The number of benzene rings is 1. The number of nitrogens with one attached hydrogen (secondary N) is 1. The molecule has 0 atom stereocenters. The van der Waals surface area contributed by atoms with Gasteiger partial charge in [-0.2, -0.15) is 4.57 Å². The molecule has 3 N–H and O–H groups in total. The van der Waals surface area contributed by atoms with Gasteiger partial charge in [-0.05, 0) is 12.5 Å². The van der Waals surface area contributed by atoms with E-state index in [4.69, 9.17) is 5.73 Å². The summed E-state index contributed by atoms with van der Waals surface area (Å²) in [6.07, 6.45) is 3.59. The summed E-state index contributed by atoms with van der Waals surface area (Å²) in [6.45, 7) is 2.19. The fourth-order valence-electron chi connectivity index (χ4n) is 3.31. The highest BCUT2D eigenvalue weighted by atomic mass is 16.2. The van der Waals surface area contributed by atoms with E-state index in [1.807, 2.05) is 61.5 Å². The Kier molecular flexibility index (Phi) is 6.54. The third-order valence-corrected chi connectivity index (χ3v) is 4.99. The Morgan fingerprint density at radius 2 is 1.74 bits per heavy atom. The molecule has 0 fully saturated rings. The Morgan fingerprint density at radius 1 is 1.10 bits per heavy atom. The Hall–Kier alpha value is -3.88. The normalized spacial score (nSPS) is 10.7. The molecule has 9 heteroatoms. The van der Waals surface area contributed by atoms with Crippen molar-refractivity contribution in [1.29, 1.82) is 0 Å². The van der Waals surface area contributed by atoms with Gasteiger partial charge in [-0.15, -0.1) is 0 Å². The van der Waals surface area contributed by atoms with Crippen LogP contribution in [0.3, 0.4) is 0 Å². The number of nitrogens with zero attached hydrogens (tertiary/aromatic N) is 4. The molecule has 2 aromatic heterocycles. The topological polar surface area (TPSA) is 108 Å². The van der Waals surface area contributed by atoms with Gasteiger partial charge in [-0.3, -0.25) is 24.0 Å². The van der Waals surface area contributed by atoms with Crippen LogP contribution in [-0.2, 0) is 17.9 Å². The first-order chi connectivity index (χ1) is 14.8. The molecule has 0 saturated heterocycles. The Balaban J connectivity index is 1.93. The largest absolute Gasteiger partial charge is 0.383 e. The van der Waals surface area contributed by atoms with Gasteiger partial charge in [0.05, 0.1) is 6.54 Å². The molecule has 2 heterocycles. The van der Waals surface area contributed by atoms with Crippen LogP contribution >= 0.6 is 0 Å². The van der Waals surface area contributed by atoms with Gasteiger partial charge < -0.3 is 10.6 Å². The first kappa shape index (κ1) is 21.8. The number of nitrogen functional groups attached to an aromatic ring is 1. The lowest BCUT2D eigenvalue weighted by molar-refractivity contribution is -0.684. The van der Waals surface area contributed by atoms with Crippen LogP contribution in [0, 0.1) is 0 Å². The number of amides is 1. The number of pyridine rings is 1. The number of aromatic nitrogens is 3. The number of nitrogens with two attached hydrogens (primary N) is 1.